The molecule has 6 heteroatoms. The molecule has 0 amide bonds. The molecule has 0 aromatic carbocycles. The van der Waals surface area contributed by atoms with Gasteiger partial charge in [0.15, 0.2) is 8.32 Å². The minimum Gasteiger partial charge on any atom is -0.467 e. The maximum Gasteiger partial charge on any atom is 0.193 e. The molecule has 5 nitrogen and oxygen atoms in total. The van der Waals surface area contributed by atoms with E-state index < -0.39 is 8.32 Å². The molecule has 1 aromatic heterocycles. The summed E-state index contributed by atoms with van der Waals surface area (Å²) in [6.45, 7) is 11.6. The first kappa shape index (κ1) is 16.8. The Morgan fingerprint density at radius 3 is 2.65 bits per heavy atom. The van der Waals surface area contributed by atoms with Gasteiger partial charge in [0.1, 0.15) is 11.9 Å². The molecule has 112 valence electrons. The second kappa shape index (κ2) is 6.97. The fraction of sp³-hybridized carbons (Fsp3) is 0.714. The van der Waals surface area contributed by atoms with Gasteiger partial charge >= 0.3 is 0 Å². The van der Waals surface area contributed by atoms with E-state index in [4.69, 9.17) is 14.4 Å². The fourth-order valence-corrected chi connectivity index (χ4v) is 2.96. The van der Waals surface area contributed by atoms with Crippen LogP contribution in [0.4, 0.5) is 0 Å². The van der Waals surface area contributed by atoms with Gasteiger partial charge in [-0.1, -0.05) is 25.9 Å². The predicted molar refractivity (Wildman–Crippen MR) is 83.0 cm³/mol. The Bertz CT molecular complexity index is 445. The van der Waals surface area contributed by atoms with Crippen LogP contribution in [-0.2, 0) is 4.43 Å². The molecule has 1 unspecified atom stereocenters. The van der Waals surface area contributed by atoms with Crippen LogP contribution in [0.25, 0.3) is 10.4 Å². The van der Waals surface area contributed by atoms with Crippen LogP contribution in [-0.4, -0.2) is 14.9 Å². The Labute approximate surface area is 122 Å². The highest BCUT2D eigenvalue weighted by molar-refractivity contribution is 6.74. The van der Waals surface area contributed by atoms with Crippen molar-refractivity contribution in [3.05, 3.63) is 34.6 Å². The van der Waals surface area contributed by atoms with Crippen LogP contribution in [0.1, 0.15) is 45.5 Å². The highest BCUT2D eigenvalue weighted by Crippen LogP contribution is 2.40. The van der Waals surface area contributed by atoms with Crippen molar-refractivity contribution in [1.29, 1.82) is 0 Å². The van der Waals surface area contributed by atoms with Crippen molar-refractivity contribution in [2.24, 2.45) is 5.11 Å². The van der Waals surface area contributed by atoms with Gasteiger partial charge in [-0.25, -0.2) is 0 Å². The first-order chi connectivity index (χ1) is 9.28. The predicted octanol–water partition coefficient (Wildman–Crippen LogP) is 5.43. The molecular weight excluding hydrogens is 270 g/mol. The third-order valence-corrected chi connectivity index (χ3v) is 8.38. The summed E-state index contributed by atoms with van der Waals surface area (Å²) in [5, 5.41) is 3.73. The summed E-state index contributed by atoms with van der Waals surface area (Å²) < 4.78 is 11.9. The first-order valence-electron chi connectivity index (χ1n) is 7.00. The van der Waals surface area contributed by atoms with Crippen LogP contribution in [0.15, 0.2) is 27.9 Å². The van der Waals surface area contributed by atoms with Gasteiger partial charge in [-0.05, 0) is 48.6 Å². The fourth-order valence-electron chi connectivity index (χ4n) is 1.66. The second-order valence-electron chi connectivity index (χ2n) is 6.48. The van der Waals surface area contributed by atoms with Gasteiger partial charge in [0.05, 0.1) is 6.26 Å². The van der Waals surface area contributed by atoms with E-state index in [1.165, 1.54) is 0 Å². The topological polar surface area (TPSA) is 71.1 Å². The minimum absolute atomic E-state index is 0.0558. The van der Waals surface area contributed by atoms with Crippen molar-refractivity contribution in [1.82, 2.24) is 0 Å². The molecule has 0 radical (unpaired) electrons. The van der Waals surface area contributed by atoms with Crippen molar-refractivity contribution in [2.45, 2.75) is 57.8 Å². The van der Waals surface area contributed by atoms with Gasteiger partial charge in [0, 0.05) is 11.5 Å². The molecule has 0 saturated heterocycles. The number of hydrogen-bond acceptors (Lipinski definition) is 3. The summed E-state index contributed by atoms with van der Waals surface area (Å²) >= 11 is 0. The van der Waals surface area contributed by atoms with E-state index in [1.807, 2.05) is 12.1 Å². The molecule has 0 aliphatic rings. The molecule has 20 heavy (non-hydrogen) atoms. The maximum atomic E-state index is 8.32. The molecule has 0 aliphatic carbocycles. The molecule has 1 rings (SSSR count). The van der Waals surface area contributed by atoms with E-state index in [-0.39, 0.29) is 11.1 Å². The largest absolute Gasteiger partial charge is 0.467 e. The molecule has 0 spiro atoms. The number of rotatable bonds is 7. The third kappa shape index (κ3) is 4.70. The Hall–Kier alpha value is -1.23. The third-order valence-electron chi connectivity index (χ3n) is 3.89. The Balaban J connectivity index is 2.76. The summed E-state index contributed by atoms with van der Waals surface area (Å²) in [4.78, 5) is 2.78. The maximum absolute atomic E-state index is 8.32. The molecule has 0 saturated carbocycles. The Morgan fingerprint density at radius 2 is 2.15 bits per heavy atom. The Kier molecular flexibility index (Phi) is 5.86. The van der Waals surface area contributed by atoms with Crippen LogP contribution in [0.2, 0.25) is 18.1 Å². The molecule has 1 aromatic rings. The van der Waals surface area contributed by atoms with E-state index in [0.29, 0.717) is 6.54 Å². The Morgan fingerprint density at radius 1 is 1.45 bits per heavy atom. The lowest BCUT2D eigenvalue weighted by Gasteiger charge is -2.38. The van der Waals surface area contributed by atoms with Crippen LogP contribution in [0.5, 0.6) is 0 Å². The normalized spacial score (nSPS) is 13.8. The van der Waals surface area contributed by atoms with Gasteiger partial charge in [-0.2, -0.15) is 0 Å². The standard InChI is InChI=1S/C14H25N3O2Si/c1-14(2,3)20(4,5)19-13(8-6-10-16-17-15)12-9-7-11-18-12/h7,9,11,13H,6,8,10H2,1-5H3. The van der Waals surface area contributed by atoms with Gasteiger partial charge in [0.25, 0.3) is 0 Å². The van der Waals surface area contributed by atoms with E-state index in [1.54, 1.807) is 6.26 Å². The van der Waals surface area contributed by atoms with Crippen LogP contribution in [0, 0.1) is 0 Å². The van der Waals surface area contributed by atoms with Gasteiger partial charge in [-0.15, -0.1) is 0 Å². The average molecular weight is 295 g/mol. The SMILES string of the molecule is CC(C)(C)[Si](C)(C)OC(CCCN=[N+]=[N-])c1ccco1. The molecular formula is C14H25N3O2Si. The van der Waals surface area contributed by atoms with E-state index in [2.05, 4.69) is 43.9 Å². The molecule has 1 heterocycles. The smallest absolute Gasteiger partial charge is 0.193 e. The number of furan rings is 1. The lowest BCUT2D eigenvalue weighted by atomic mass is 10.1. The van der Waals surface area contributed by atoms with Crippen molar-refractivity contribution >= 4 is 8.32 Å². The minimum atomic E-state index is -1.86. The summed E-state index contributed by atoms with van der Waals surface area (Å²) in [5.41, 5.74) is 8.32. The molecule has 0 N–H and O–H groups in total. The lowest BCUT2D eigenvalue weighted by Crippen LogP contribution is -2.41. The average Bonchev–Trinajstić information content (AvgIpc) is 2.85. The van der Waals surface area contributed by atoms with Gasteiger partial charge in [-0.3, -0.25) is 0 Å². The van der Waals surface area contributed by atoms with Crippen LogP contribution < -0.4 is 0 Å². The first-order valence-corrected chi connectivity index (χ1v) is 9.91. The van der Waals surface area contributed by atoms with Gasteiger partial charge < -0.3 is 8.84 Å². The molecule has 1 atom stereocenters. The number of hydrogen-bond donors (Lipinski definition) is 0. The summed E-state index contributed by atoms with van der Waals surface area (Å²) in [6, 6.07) is 3.83. The summed E-state index contributed by atoms with van der Waals surface area (Å²) in [6.07, 6.45) is 3.22. The van der Waals surface area contributed by atoms with Crippen LogP contribution in [0.3, 0.4) is 0 Å². The number of azide groups is 1. The zero-order chi connectivity index (χ0) is 15.2. The van der Waals surface area contributed by atoms with Crippen molar-refractivity contribution in [2.75, 3.05) is 6.54 Å². The zero-order valence-electron chi connectivity index (χ0n) is 13.1. The highest BCUT2D eigenvalue weighted by Gasteiger charge is 2.39. The number of nitrogens with zero attached hydrogens (tertiary/aromatic N) is 3. The van der Waals surface area contributed by atoms with Gasteiger partial charge in [0.2, 0.25) is 0 Å². The highest BCUT2D eigenvalue weighted by atomic mass is 28.4. The molecule has 0 aliphatic heterocycles. The van der Waals surface area contributed by atoms with Crippen LogP contribution >= 0.6 is 0 Å². The van der Waals surface area contributed by atoms with Crippen molar-refractivity contribution in [3.63, 3.8) is 0 Å². The monoisotopic (exact) mass is 295 g/mol. The second-order valence-corrected chi connectivity index (χ2v) is 11.2. The lowest BCUT2D eigenvalue weighted by molar-refractivity contribution is 0.146. The summed E-state index contributed by atoms with van der Waals surface area (Å²) in [5.74, 6) is 0.857. The quantitative estimate of drug-likeness (QED) is 0.221. The van der Waals surface area contributed by atoms with E-state index >= 15 is 0 Å². The molecule has 0 bridgehead atoms. The summed E-state index contributed by atoms with van der Waals surface area (Å²) in [7, 11) is -1.86. The zero-order valence-corrected chi connectivity index (χ0v) is 14.1. The van der Waals surface area contributed by atoms with E-state index in [0.717, 1.165) is 18.6 Å². The van der Waals surface area contributed by atoms with Crippen molar-refractivity contribution in [3.8, 4) is 0 Å². The molecule has 0 fully saturated rings. The van der Waals surface area contributed by atoms with E-state index in [9.17, 15) is 0 Å². The van der Waals surface area contributed by atoms with Crippen molar-refractivity contribution < 1.29 is 8.84 Å².